The smallest absolute Gasteiger partial charge is 0.0361 e. The maximum absolute atomic E-state index is 4.10. The molecule has 0 unspecified atom stereocenters. The molecule has 118 valence electrons. The van der Waals surface area contributed by atoms with Gasteiger partial charge in [0.2, 0.25) is 0 Å². The molecule has 1 heterocycles. The van der Waals surface area contributed by atoms with Crippen molar-refractivity contribution in [2.45, 2.75) is 13.1 Å². The SMILES string of the molecule is CN(C)c1ccc(CNCc2cccnc2)cc1.[Br-].[Br-].[Br-]. The van der Waals surface area contributed by atoms with Gasteiger partial charge in [0.15, 0.2) is 0 Å². The van der Waals surface area contributed by atoms with Gasteiger partial charge in [-0.15, -0.1) is 0 Å². The van der Waals surface area contributed by atoms with Crippen molar-refractivity contribution in [2.75, 3.05) is 19.0 Å². The van der Waals surface area contributed by atoms with Crippen molar-refractivity contribution in [2.24, 2.45) is 0 Å². The summed E-state index contributed by atoms with van der Waals surface area (Å²) in [6, 6.07) is 12.6. The molecule has 1 N–H and O–H groups in total. The minimum atomic E-state index is 0. The summed E-state index contributed by atoms with van der Waals surface area (Å²) in [5, 5.41) is 3.41. The number of hydrogen-bond acceptors (Lipinski definition) is 3. The maximum atomic E-state index is 4.10. The molecule has 1 aromatic heterocycles. The molecule has 0 aliphatic heterocycles. The predicted molar refractivity (Wildman–Crippen MR) is 75.5 cm³/mol. The van der Waals surface area contributed by atoms with Crippen molar-refractivity contribution in [3.05, 3.63) is 59.9 Å². The highest BCUT2D eigenvalue weighted by Gasteiger charge is 1.96. The largest absolute Gasteiger partial charge is 1.00 e. The minimum Gasteiger partial charge on any atom is -1.00 e. The fourth-order valence-electron chi connectivity index (χ4n) is 1.77. The van der Waals surface area contributed by atoms with E-state index >= 15 is 0 Å². The van der Waals surface area contributed by atoms with E-state index < -0.39 is 0 Å². The van der Waals surface area contributed by atoms with Gasteiger partial charge in [0.1, 0.15) is 0 Å². The van der Waals surface area contributed by atoms with Crippen molar-refractivity contribution in [1.82, 2.24) is 10.3 Å². The zero-order valence-corrected chi connectivity index (χ0v) is 16.8. The van der Waals surface area contributed by atoms with Gasteiger partial charge >= 0.3 is 0 Å². The summed E-state index contributed by atoms with van der Waals surface area (Å²) in [5.41, 5.74) is 3.73. The predicted octanol–water partition coefficient (Wildman–Crippen LogP) is -6.55. The molecule has 0 saturated heterocycles. The first-order chi connectivity index (χ1) is 8.75. The van der Waals surface area contributed by atoms with Crippen molar-refractivity contribution in [1.29, 1.82) is 0 Å². The van der Waals surface area contributed by atoms with E-state index in [1.807, 2.05) is 12.3 Å². The second kappa shape index (κ2) is 12.1. The summed E-state index contributed by atoms with van der Waals surface area (Å²) in [6.07, 6.45) is 3.69. The molecule has 2 aromatic rings. The van der Waals surface area contributed by atoms with Gasteiger partial charge in [0.05, 0.1) is 0 Å². The van der Waals surface area contributed by atoms with Gasteiger partial charge in [0.25, 0.3) is 0 Å². The number of pyridine rings is 1. The normalized spacial score (nSPS) is 8.86. The molecular formula is C15H19Br3N3-3. The average molecular weight is 481 g/mol. The molecule has 0 atom stereocenters. The lowest BCUT2D eigenvalue weighted by Crippen LogP contribution is -3.00. The monoisotopic (exact) mass is 478 g/mol. The van der Waals surface area contributed by atoms with Gasteiger partial charge in [-0.25, -0.2) is 0 Å². The molecule has 0 radical (unpaired) electrons. The summed E-state index contributed by atoms with van der Waals surface area (Å²) in [4.78, 5) is 6.20. The second-order valence-electron chi connectivity index (χ2n) is 4.53. The van der Waals surface area contributed by atoms with E-state index in [0.29, 0.717) is 0 Å². The van der Waals surface area contributed by atoms with Crippen LogP contribution in [0.4, 0.5) is 5.69 Å². The standard InChI is InChI=1S/C15H19N3.3BrH/c1-18(2)15-7-5-13(6-8-15)10-17-12-14-4-3-9-16-11-14;;;/h3-9,11,17H,10,12H2,1-2H3;3*1H/p-3. The Bertz CT molecular complexity index is 475. The molecule has 0 bridgehead atoms. The van der Waals surface area contributed by atoms with Crippen molar-refractivity contribution in [3.8, 4) is 0 Å². The van der Waals surface area contributed by atoms with Gasteiger partial charge in [0, 0.05) is 45.3 Å². The molecule has 3 nitrogen and oxygen atoms in total. The van der Waals surface area contributed by atoms with Crippen LogP contribution in [0.5, 0.6) is 0 Å². The van der Waals surface area contributed by atoms with Gasteiger partial charge in [-0.1, -0.05) is 18.2 Å². The lowest BCUT2D eigenvalue weighted by Gasteiger charge is -2.12. The number of rotatable bonds is 5. The first-order valence-electron chi connectivity index (χ1n) is 6.11. The third-order valence-corrected chi connectivity index (χ3v) is 2.83. The van der Waals surface area contributed by atoms with Gasteiger partial charge in [-0.2, -0.15) is 0 Å². The Morgan fingerprint density at radius 2 is 1.52 bits per heavy atom. The van der Waals surface area contributed by atoms with E-state index in [0.717, 1.165) is 13.1 Å². The summed E-state index contributed by atoms with van der Waals surface area (Å²) in [7, 11) is 4.10. The second-order valence-corrected chi connectivity index (χ2v) is 4.53. The fraction of sp³-hybridized carbons (Fsp3) is 0.267. The first kappa shape index (κ1) is 22.8. The summed E-state index contributed by atoms with van der Waals surface area (Å²) >= 11 is 0. The summed E-state index contributed by atoms with van der Waals surface area (Å²) in [6.45, 7) is 1.73. The van der Waals surface area contributed by atoms with E-state index in [-0.39, 0.29) is 50.9 Å². The van der Waals surface area contributed by atoms with Crippen LogP contribution in [0, 0.1) is 0 Å². The number of nitrogens with one attached hydrogen (secondary N) is 1. The molecule has 21 heavy (non-hydrogen) atoms. The maximum Gasteiger partial charge on any atom is 0.0361 e. The van der Waals surface area contributed by atoms with Crippen LogP contribution >= 0.6 is 0 Å². The van der Waals surface area contributed by atoms with Crippen LogP contribution in [0.2, 0.25) is 0 Å². The van der Waals surface area contributed by atoms with E-state index in [1.54, 1.807) is 6.20 Å². The third-order valence-electron chi connectivity index (χ3n) is 2.83. The number of anilines is 1. The molecule has 6 heteroatoms. The van der Waals surface area contributed by atoms with Crippen molar-refractivity contribution < 1.29 is 50.9 Å². The number of hydrogen-bond donors (Lipinski definition) is 1. The average Bonchev–Trinajstić information content (AvgIpc) is 2.40. The fourth-order valence-corrected chi connectivity index (χ4v) is 1.77. The Kier molecular flexibility index (Phi) is 13.2. The van der Waals surface area contributed by atoms with Crippen LogP contribution in [0.15, 0.2) is 48.8 Å². The van der Waals surface area contributed by atoms with Gasteiger partial charge < -0.3 is 61.2 Å². The zero-order chi connectivity index (χ0) is 12.8. The number of benzene rings is 1. The molecular weight excluding hydrogens is 462 g/mol. The topological polar surface area (TPSA) is 28.2 Å². The Labute approximate surface area is 158 Å². The van der Waals surface area contributed by atoms with Crippen molar-refractivity contribution >= 4 is 5.69 Å². The molecule has 0 spiro atoms. The minimum absolute atomic E-state index is 0. The number of aromatic nitrogens is 1. The van der Waals surface area contributed by atoms with E-state index in [2.05, 4.69) is 59.6 Å². The lowest BCUT2D eigenvalue weighted by atomic mass is 10.2. The van der Waals surface area contributed by atoms with E-state index in [1.165, 1.54) is 16.8 Å². The van der Waals surface area contributed by atoms with Crippen LogP contribution in [0.1, 0.15) is 11.1 Å². The molecule has 2 rings (SSSR count). The molecule has 0 aliphatic carbocycles. The highest BCUT2D eigenvalue weighted by molar-refractivity contribution is 5.45. The summed E-state index contributed by atoms with van der Waals surface area (Å²) < 4.78 is 0. The number of halogens is 3. The molecule has 0 aliphatic rings. The van der Waals surface area contributed by atoms with Gasteiger partial charge in [-0.05, 0) is 29.3 Å². The van der Waals surface area contributed by atoms with Crippen LogP contribution < -0.4 is 61.2 Å². The lowest BCUT2D eigenvalue weighted by molar-refractivity contribution is -0.001000. The molecule has 0 amide bonds. The quantitative estimate of drug-likeness (QED) is 0.461. The van der Waals surface area contributed by atoms with Crippen LogP contribution in [-0.2, 0) is 13.1 Å². The Morgan fingerprint density at radius 1 is 0.905 bits per heavy atom. The first-order valence-corrected chi connectivity index (χ1v) is 6.11. The van der Waals surface area contributed by atoms with Gasteiger partial charge in [-0.3, -0.25) is 4.98 Å². The molecule has 1 aromatic carbocycles. The van der Waals surface area contributed by atoms with E-state index in [9.17, 15) is 0 Å². The zero-order valence-electron chi connectivity index (χ0n) is 12.1. The Balaban J connectivity index is 0. The Morgan fingerprint density at radius 3 is 2.05 bits per heavy atom. The van der Waals surface area contributed by atoms with Crippen LogP contribution in [0.3, 0.4) is 0 Å². The Hall–Kier alpha value is -0.430. The molecule has 0 fully saturated rings. The third kappa shape index (κ3) is 7.95. The molecule has 0 saturated carbocycles. The van der Waals surface area contributed by atoms with Crippen LogP contribution in [-0.4, -0.2) is 19.1 Å². The number of nitrogens with zero attached hydrogens (tertiary/aromatic N) is 2. The highest BCUT2D eigenvalue weighted by Crippen LogP contribution is 2.12. The summed E-state index contributed by atoms with van der Waals surface area (Å²) in [5.74, 6) is 0. The van der Waals surface area contributed by atoms with Crippen LogP contribution in [0.25, 0.3) is 0 Å². The van der Waals surface area contributed by atoms with Crippen molar-refractivity contribution in [3.63, 3.8) is 0 Å². The highest BCUT2D eigenvalue weighted by atomic mass is 79.9. The van der Waals surface area contributed by atoms with E-state index in [4.69, 9.17) is 0 Å².